The minimum Gasteiger partial charge on any atom is -0.491 e. The molecule has 1 aliphatic heterocycles. The number of ether oxygens (including phenoxy) is 2. The highest BCUT2D eigenvalue weighted by Crippen LogP contribution is 2.19. The Morgan fingerprint density at radius 3 is 2.18 bits per heavy atom. The molecule has 6 heteroatoms. The van der Waals surface area contributed by atoms with E-state index in [0.717, 1.165) is 24.4 Å². The van der Waals surface area contributed by atoms with Gasteiger partial charge in [0.1, 0.15) is 30.8 Å². The zero-order valence-corrected chi connectivity index (χ0v) is 16.3. The van der Waals surface area contributed by atoms with Crippen LogP contribution < -0.4 is 9.47 Å². The van der Waals surface area contributed by atoms with Crippen molar-refractivity contribution in [2.75, 3.05) is 39.3 Å². The van der Waals surface area contributed by atoms with E-state index in [1.54, 1.807) is 6.92 Å². The van der Waals surface area contributed by atoms with Gasteiger partial charge in [0, 0.05) is 39.6 Å². The number of nitrogens with zero attached hydrogens (tertiary/aromatic N) is 2. The fourth-order valence-electron chi connectivity index (χ4n) is 3.16. The van der Waals surface area contributed by atoms with Gasteiger partial charge >= 0.3 is 0 Å². The molecule has 1 atom stereocenters. The summed E-state index contributed by atoms with van der Waals surface area (Å²) in [5, 5.41) is 10.2. The molecule has 1 N–H and O–H groups in total. The average Bonchev–Trinajstić information content (AvgIpc) is 2.72. The smallest absolute Gasteiger partial charge is 0.219 e. The summed E-state index contributed by atoms with van der Waals surface area (Å²) >= 11 is 0. The Bertz CT molecular complexity index is 728. The topological polar surface area (TPSA) is 62.2 Å². The van der Waals surface area contributed by atoms with E-state index < -0.39 is 6.10 Å². The number of aliphatic hydroxyl groups excluding tert-OH is 1. The fourth-order valence-corrected chi connectivity index (χ4v) is 3.16. The van der Waals surface area contributed by atoms with E-state index in [1.165, 1.54) is 0 Å². The summed E-state index contributed by atoms with van der Waals surface area (Å²) in [6.07, 6.45) is -0.571. The van der Waals surface area contributed by atoms with Crippen molar-refractivity contribution in [3.8, 4) is 11.5 Å². The van der Waals surface area contributed by atoms with Crippen molar-refractivity contribution in [3.05, 3.63) is 60.2 Å². The first kappa shape index (κ1) is 20.2. The summed E-state index contributed by atoms with van der Waals surface area (Å²) in [7, 11) is 0. The van der Waals surface area contributed by atoms with E-state index in [-0.39, 0.29) is 12.5 Å². The Balaban J connectivity index is 1.37. The third kappa shape index (κ3) is 6.25. The molecule has 1 amide bonds. The summed E-state index contributed by atoms with van der Waals surface area (Å²) in [6.45, 7) is 5.89. The van der Waals surface area contributed by atoms with Gasteiger partial charge in [-0.1, -0.05) is 30.3 Å². The lowest BCUT2D eigenvalue weighted by molar-refractivity contribution is -0.130. The van der Waals surface area contributed by atoms with Crippen LogP contribution in [-0.2, 0) is 11.4 Å². The molecule has 1 saturated heterocycles. The molecule has 2 aromatic rings. The lowest BCUT2D eigenvalue weighted by Gasteiger charge is -2.35. The Kier molecular flexibility index (Phi) is 7.28. The molecular weight excluding hydrogens is 356 g/mol. The summed E-state index contributed by atoms with van der Waals surface area (Å²) in [5.74, 6) is 1.59. The average molecular weight is 384 g/mol. The normalized spacial score (nSPS) is 15.9. The molecule has 0 aliphatic carbocycles. The first-order chi connectivity index (χ1) is 13.6. The number of amides is 1. The number of rotatable bonds is 8. The van der Waals surface area contributed by atoms with Crippen molar-refractivity contribution < 1.29 is 19.4 Å². The van der Waals surface area contributed by atoms with Gasteiger partial charge in [0.25, 0.3) is 0 Å². The number of β-amino-alcohol motifs (C(OH)–C–C–N with tert-alkyl or cyclic N) is 1. The third-order valence-corrected chi connectivity index (χ3v) is 4.80. The van der Waals surface area contributed by atoms with E-state index >= 15 is 0 Å². The number of aliphatic hydroxyl groups is 1. The fraction of sp³-hybridized carbons (Fsp3) is 0.409. The van der Waals surface area contributed by atoms with Crippen molar-refractivity contribution in [1.29, 1.82) is 0 Å². The van der Waals surface area contributed by atoms with Gasteiger partial charge in [-0.05, 0) is 29.8 Å². The van der Waals surface area contributed by atoms with Crippen LogP contribution in [0.4, 0.5) is 0 Å². The van der Waals surface area contributed by atoms with E-state index in [0.29, 0.717) is 32.0 Å². The van der Waals surface area contributed by atoms with Gasteiger partial charge in [-0.15, -0.1) is 0 Å². The second kappa shape index (κ2) is 10.1. The molecule has 0 spiro atoms. The molecule has 0 saturated carbocycles. The van der Waals surface area contributed by atoms with E-state index in [2.05, 4.69) is 4.90 Å². The van der Waals surface area contributed by atoms with Crippen LogP contribution in [0.15, 0.2) is 54.6 Å². The predicted octanol–water partition coefficient (Wildman–Crippen LogP) is 2.17. The Morgan fingerprint density at radius 2 is 1.57 bits per heavy atom. The number of carbonyl (C=O) groups excluding carboxylic acids is 1. The molecule has 0 bridgehead atoms. The predicted molar refractivity (Wildman–Crippen MR) is 107 cm³/mol. The molecule has 0 unspecified atom stereocenters. The molecule has 1 heterocycles. The maximum absolute atomic E-state index is 11.4. The quantitative estimate of drug-likeness (QED) is 0.756. The summed E-state index contributed by atoms with van der Waals surface area (Å²) in [5.41, 5.74) is 1.12. The molecule has 0 radical (unpaired) electrons. The second-order valence-corrected chi connectivity index (χ2v) is 7.02. The van der Waals surface area contributed by atoms with Crippen LogP contribution >= 0.6 is 0 Å². The van der Waals surface area contributed by atoms with Crippen molar-refractivity contribution in [3.63, 3.8) is 0 Å². The van der Waals surface area contributed by atoms with Gasteiger partial charge in [-0.3, -0.25) is 9.69 Å². The van der Waals surface area contributed by atoms with Crippen LogP contribution in [0, 0.1) is 0 Å². The Labute approximate surface area is 166 Å². The Morgan fingerprint density at radius 1 is 0.964 bits per heavy atom. The highest BCUT2D eigenvalue weighted by atomic mass is 16.5. The van der Waals surface area contributed by atoms with Gasteiger partial charge < -0.3 is 19.5 Å². The van der Waals surface area contributed by atoms with Crippen LogP contribution in [0.1, 0.15) is 12.5 Å². The number of hydrogen-bond donors (Lipinski definition) is 1. The molecule has 1 aliphatic rings. The van der Waals surface area contributed by atoms with Gasteiger partial charge in [0.05, 0.1) is 0 Å². The molecule has 28 heavy (non-hydrogen) atoms. The van der Waals surface area contributed by atoms with Crippen molar-refractivity contribution in [2.24, 2.45) is 0 Å². The van der Waals surface area contributed by atoms with E-state index in [4.69, 9.17) is 9.47 Å². The van der Waals surface area contributed by atoms with Gasteiger partial charge in [-0.2, -0.15) is 0 Å². The summed E-state index contributed by atoms with van der Waals surface area (Å²) in [4.78, 5) is 15.3. The highest BCUT2D eigenvalue weighted by Gasteiger charge is 2.20. The number of benzene rings is 2. The van der Waals surface area contributed by atoms with Crippen LogP contribution in [0.5, 0.6) is 11.5 Å². The first-order valence-corrected chi connectivity index (χ1v) is 9.65. The van der Waals surface area contributed by atoms with Crippen LogP contribution in [0.2, 0.25) is 0 Å². The minimum absolute atomic E-state index is 0.111. The maximum atomic E-state index is 11.4. The third-order valence-electron chi connectivity index (χ3n) is 4.80. The Hall–Kier alpha value is -2.57. The van der Waals surface area contributed by atoms with Crippen molar-refractivity contribution >= 4 is 5.91 Å². The lowest BCUT2D eigenvalue weighted by atomic mass is 10.2. The molecular formula is C22H28N2O4. The second-order valence-electron chi connectivity index (χ2n) is 7.02. The van der Waals surface area contributed by atoms with Crippen LogP contribution in [-0.4, -0.2) is 66.2 Å². The number of hydrogen-bond acceptors (Lipinski definition) is 5. The van der Waals surface area contributed by atoms with Gasteiger partial charge in [0.2, 0.25) is 5.91 Å². The molecule has 1 fully saturated rings. The van der Waals surface area contributed by atoms with Gasteiger partial charge in [0.15, 0.2) is 0 Å². The molecule has 3 rings (SSSR count). The van der Waals surface area contributed by atoms with E-state index in [9.17, 15) is 9.90 Å². The molecule has 6 nitrogen and oxygen atoms in total. The first-order valence-electron chi connectivity index (χ1n) is 9.65. The lowest BCUT2D eigenvalue weighted by Crippen LogP contribution is -2.50. The van der Waals surface area contributed by atoms with Crippen molar-refractivity contribution in [2.45, 2.75) is 19.6 Å². The zero-order chi connectivity index (χ0) is 19.8. The number of carbonyl (C=O) groups is 1. The van der Waals surface area contributed by atoms with Crippen molar-refractivity contribution in [1.82, 2.24) is 9.80 Å². The van der Waals surface area contributed by atoms with Crippen LogP contribution in [0.3, 0.4) is 0 Å². The standard InChI is InChI=1S/C22H28N2O4/c1-18(25)24-13-11-23(12-14-24)15-20(26)17-28-22-9-7-21(8-10-22)27-16-19-5-3-2-4-6-19/h2-10,20,26H,11-17H2,1H3/t20-/m1/s1. The minimum atomic E-state index is -0.571. The number of piperazine rings is 1. The zero-order valence-electron chi connectivity index (χ0n) is 16.3. The SMILES string of the molecule is CC(=O)N1CCN(C[C@@H](O)COc2ccc(OCc3ccccc3)cc2)CC1. The maximum Gasteiger partial charge on any atom is 0.219 e. The van der Waals surface area contributed by atoms with E-state index in [1.807, 2.05) is 59.5 Å². The van der Waals surface area contributed by atoms with Crippen LogP contribution in [0.25, 0.3) is 0 Å². The largest absolute Gasteiger partial charge is 0.491 e. The highest BCUT2D eigenvalue weighted by molar-refractivity contribution is 5.73. The summed E-state index contributed by atoms with van der Waals surface area (Å²) in [6, 6.07) is 17.4. The monoisotopic (exact) mass is 384 g/mol. The van der Waals surface area contributed by atoms with Gasteiger partial charge in [-0.25, -0.2) is 0 Å². The molecule has 0 aromatic heterocycles. The summed E-state index contributed by atoms with van der Waals surface area (Å²) < 4.78 is 11.4. The molecule has 2 aromatic carbocycles. The molecule has 150 valence electrons.